The molecule has 6 rings (SSSR count). The van der Waals surface area contributed by atoms with E-state index in [4.69, 9.17) is 0 Å². The summed E-state index contributed by atoms with van der Waals surface area (Å²) in [6.07, 6.45) is 5.50. The van der Waals surface area contributed by atoms with Crippen LogP contribution in [-0.2, 0) is 17.1 Å². The van der Waals surface area contributed by atoms with Gasteiger partial charge in [-0.05, 0) is 66.5 Å². The van der Waals surface area contributed by atoms with Gasteiger partial charge >= 0.3 is 0 Å². The Morgan fingerprint density at radius 1 is 0.977 bits per heavy atom. The van der Waals surface area contributed by atoms with E-state index in [9.17, 15) is 19.5 Å². The minimum absolute atomic E-state index is 0.0110. The van der Waals surface area contributed by atoms with E-state index in [0.717, 1.165) is 21.9 Å². The van der Waals surface area contributed by atoms with Gasteiger partial charge in [-0.2, -0.15) is 0 Å². The third kappa shape index (κ3) is 7.01. The highest BCUT2D eigenvalue weighted by Crippen LogP contribution is 2.48. The number of benzene rings is 2. The molecule has 2 heterocycles. The molecule has 44 heavy (non-hydrogen) atoms. The van der Waals surface area contributed by atoms with Gasteiger partial charge in [0.25, 0.3) is 11.8 Å². The number of rotatable bonds is 10. The van der Waals surface area contributed by atoms with E-state index in [1.807, 2.05) is 48.5 Å². The van der Waals surface area contributed by atoms with E-state index in [1.54, 1.807) is 34.7 Å². The van der Waals surface area contributed by atoms with E-state index in [1.165, 1.54) is 30.6 Å². The molecule has 2 saturated carbocycles. The number of hydrogen-bond acceptors (Lipinski definition) is 8. The summed E-state index contributed by atoms with van der Waals surface area (Å²) in [7, 11) is 0. The van der Waals surface area contributed by atoms with Crippen LogP contribution in [0.1, 0.15) is 58.0 Å². The first-order chi connectivity index (χ1) is 21.4. The van der Waals surface area contributed by atoms with Crippen molar-refractivity contribution in [3.05, 3.63) is 77.0 Å². The van der Waals surface area contributed by atoms with Crippen LogP contribution in [0, 0.1) is 17.8 Å². The number of nitrogens with zero attached hydrogens (tertiary/aromatic N) is 3. The van der Waals surface area contributed by atoms with E-state index < -0.39 is 0 Å². The average molecular weight is 634 g/mol. The van der Waals surface area contributed by atoms with Crippen LogP contribution in [-0.4, -0.2) is 76.4 Å². The number of amides is 3. The van der Waals surface area contributed by atoms with E-state index in [-0.39, 0.29) is 24.3 Å². The summed E-state index contributed by atoms with van der Waals surface area (Å²) in [4.78, 5) is 45.5. The number of nitrogens with one attached hydrogen (secondary N) is 2. The maximum atomic E-state index is 13.0. The van der Waals surface area contributed by atoms with Crippen molar-refractivity contribution in [1.82, 2.24) is 20.1 Å². The van der Waals surface area contributed by atoms with Gasteiger partial charge in [0.05, 0.1) is 10.4 Å². The largest absolute Gasteiger partial charge is 0.396 e. The van der Waals surface area contributed by atoms with E-state index >= 15 is 0 Å². The first-order valence-corrected chi connectivity index (χ1v) is 17.1. The van der Waals surface area contributed by atoms with Crippen LogP contribution in [0.4, 0.5) is 5.13 Å². The Labute approximate surface area is 266 Å². The summed E-state index contributed by atoms with van der Waals surface area (Å²) < 4.78 is 0.973. The van der Waals surface area contributed by atoms with Crippen LogP contribution < -0.4 is 10.6 Å². The van der Waals surface area contributed by atoms with Crippen molar-refractivity contribution in [2.75, 3.05) is 38.1 Å². The van der Waals surface area contributed by atoms with Crippen molar-refractivity contribution in [3.63, 3.8) is 0 Å². The van der Waals surface area contributed by atoms with Gasteiger partial charge in [0.15, 0.2) is 5.13 Å². The van der Waals surface area contributed by atoms with Crippen molar-refractivity contribution in [2.24, 2.45) is 17.8 Å². The zero-order valence-corrected chi connectivity index (χ0v) is 26.5. The molecule has 3 fully saturated rings. The summed E-state index contributed by atoms with van der Waals surface area (Å²) in [6.45, 7) is 4.77. The van der Waals surface area contributed by atoms with Gasteiger partial charge in [0.1, 0.15) is 0 Å². The van der Waals surface area contributed by atoms with Crippen LogP contribution in [0.3, 0.4) is 0 Å². The minimum atomic E-state index is -0.195. The lowest BCUT2D eigenvalue weighted by Gasteiger charge is -2.34. The molecule has 1 saturated heterocycles. The van der Waals surface area contributed by atoms with Gasteiger partial charge in [-0.15, -0.1) is 11.8 Å². The van der Waals surface area contributed by atoms with Crippen molar-refractivity contribution < 1.29 is 19.5 Å². The average Bonchev–Trinajstić information content (AvgIpc) is 3.80. The highest BCUT2D eigenvalue weighted by Gasteiger charge is 2.46. The normalized spacial score (nSPS) is 22.8. The second kappa shape index (κ2) is 13.8. The Balaban J connectivity index is 0.969. The van der Waals surface area contributed by atoms with E-state index in [2.05, 4.69) is 15.6 Å². The highest BCUT2D eigenvalue weighted by molar-refractivity contribution is 8.00. The van der Waals surface area contributed by atoms with Crippen LogP contribution in [0.15, 0.2) is 58.9 Å². The second-order valence-corrected chi connectivity index (χ2v) is 14.3. The number of aliphatic hydroxyl groups excluding tert-OH is 1. The molecule has 1 aliphatic heterocycles. The molecule has 2 aromatic carbocycles. The zero-order valence-electron chi connectivity index (χ0n) is 24.9. The van der Waals surface area contributed by atoms with Gasteiger partial charge in [-0.25, -0.2) is 4.98 Å². The fourth-order valence-electron chi connectivity index (χ4n) is 6.91. The maximum absolute atomic E-state index is 13.0. The summed E-state index contributed by atoms with van der Waals surface area (Å²) in [5, 5.41) is 17.0. The monoisotopic (exact) mass is 633 g/mol. The molecule has 11 heteroatoms. The van der Waals surface area contributed by atoms with Crippen molar-refractivity contribution >= 4 is 46.0 Å². The van der Waals surface area contributed by atoms with Crippen LogP contribution in [0.2, 0.25) is 0 Å². The number of carbonyl (C=O) groups is 3. The Hall–Kier alpha value is -3.25. The summed E-state index contributed by atoms with van der Waals surface area (Å²) in [5.74, 6) is 2.20. The topological polar surface area (TPSA) is 115 Å². The fraction of sp³-hybridized carbons (Fsp3) is 0.455. The third-order valence-electron chi connectivity index (χ3n) is 9.33. The molecule has 0 radical (unpaired) electrons. The molecule has 3 amide bonds. The summed E-state index contributed by atoms with van der Waals surface area (Å²) >= 11 is 3.04. The molecular formula is C33H39N5O4S2. The quantitative estimate of drug-likeness (QED) is 0.282. The van der Waals surface area contributed by atoms with Gasteiger partial charge < -0.3 is 20.2 Å². The molecule has 3 N–H and O–H groups in total. The lowest BCUT2D eigenvalue weighted by Crippen LogP contribution is -2.50. The Kier molecular flexibility index (Phi) is 9.65. The Morgan fingerprint density at radius 3 is 2.48 bits per heavy atom. The third-order valence-corrected chi connectivity index (χ3v) is 11.5. The highest BCUT2D eigenvalue weighted by atomic mass is 32.2. The zero-order chi connectivity index (χ0) is 30.6. The smallest absolute Gasteiger partial charge is 0.257 e. The van der Waals surface area contributed by atoms with Crippen LogP contribution in [0.25, 0.3) is 0 Å². The van der Waals surface area contributed by atoms with Gasteiger partial charge in [-0.3, -0.25) is 19.7 Å². The molecule has 9 nitrogen and oxygen atoms in total. The van der Waals surface area contributed by atoms with Crippen LogP contribution in [0.5, 0.6) is 0 Å². The lowest BCUT2D eigenvalue weighted by atomic mass is 9.85. The number of thiazole rings is 1. The molecule has 2 unspecified atom stereocenters. The van der Waals surface area contributed by atoms with Crippen molar-refractivity contribution in [2.45, 2.75) is 48.7 Å². The Bertz CT molecular complexity index is 1490. The number of thioether (sulfide) groups is 1. The molecule has 2 aliphatic carbocycles. The molecule has 0 spiro atoms. The van der Waals surface area contributed by atoms with Gasteiger partial charge in [0.2, 0.25) is 5.91 Å². The predicted molar refractivity (Wildman–Crippen MR) is 173 cm³/mol. The SMILES string of the molecule is CC(=O)N1CCN(C(=O)c2cccc(CSc3cnc(NC(=O)c4ccc(CN[C@H]5C6CCC(C6)[C@H]5CO)cc4)s3)c2)CC1. The summed E-state index contributed by atoms with van der Waals surface area (Å²) in [6, 6.07) is 15.7. The lowest BCUT2D eigenvalue weighted by molar-refractivity contribution is -0.130. The number of hydrogen-bond donors (Lipinski definition) is 3. The summed E-state index contributed by atoms with van der Waals surface area (Å²) in [5.41, 5.74) is 3.38. The standard InChI is InChI=1S/C33H39N5O4S2/c1-21(40)37-11-13-38(14-12-37)32(42)27-4-2-3-23(15-27)20-43-29-18-35-33(44-29)36-31(41)24-7-5-22(6-8-24)17-34-30-26-10-9-25(16-26)28(30)19-39/h2-8,15,18,25-26,28,30,34,39H,9-14,16-17,19-20H2,1H3,(H,35,36,41)/t25?,26?,28-,30+/m1/s1. The van der Waals surface area contributed by atoms with Gasteiger partial charge in [0, 0.05) is 75.1 Å². The number of carbonyl (C=O) groups excluding carboxylic acids is 3. The number of aromatic nitrogens is 1. The van der Waals surface area contributed by atoms with Crippen molar-refractivity contribution in [3.8, 4) is 0 Å². The first kappa shape index (κ1) is 30.8. The molecule has 1 aromatic heterocycles. The Morgan fingerprint density at radius 2 is 1.73 bits per heavy atom. The molecule has 3 aromatic rings. The van der Waals surface area contributed by atoms with E-state index in [0.29, 0.717) is 72.0 Å². The van der Waals surface area contributed by atoms with Gasteiger partial charge in [-0.1, -0.05) is 35.6 Å². The number of fused-ring (bicyclic) bond motifs is 2. The first-order valence-electron chi connectivity index (χ1n) is 15.3. The minimum Gasteiger partial charge on any atom is -0.396 e. The number of anilines is 1. The van der Waals surface area contributed by atoms with Crippen molar-refractivity contribution in [1.29, 1.82) is 0 Å². The second-order valence-electron chi connectivity index (χ2n) is 12.0. The maximum Gasteiger partial charge on any atom is 0.257 e. The molecule has 232 valence electrons. The molecule has 2 bridgehead atoms. The fourth-order valence-corrected chi connectivity index (χ4v) is 8.72. The van der Waals surface area contributed by atoms with Crippen LogP contribution >= 0.6 is 23.1 Å². The predicted octanol–water partition coefficient (Wildman–Crippen LogP) is 4.49. The molecular weight excluding hydrogens is 595 g/mol. The molecule has 4 atom stereocenters. The number of aliphatic hydroxyl groups is 1. The number of piperazine rings is 1. The molecule has 3 aliphatic rings.